The molecule has 1 saturated heterocycles. The van der Waals surface area contributed by atoms with Gasteiger partial charge >= 0.3 is 6.09 Å². The van der Waals surface area contributed by atoms with Gasteiger partial charge in [0.25, 0.3) is 0 Å². The number of nitrogens with zero attached hydrogens (tertiary/aromatic N) is 1. The average molecular weight is 377 g/mol. The van der Waals surface area contributed by atoms with Gasteiger partial charge in [-0.1, -0.05) is 0 Å². The Morgan fingerprint density at radius 3 is 2.33 bits per heavy atom. The SMILES string of the molecule is CNCCC(=O)Nc1ccc(N2CCC(NC(=O)OC(C)(C)C)CC2)cc1. The van der Waals surface area contributed by atoms with Crippen LogP contribution >= 0.6 is 0 Å². The molecule has 1 aromatic carbocycles. The first-order chi connectivity index (χ1) is 12.8. The number of nitrogens with one attached hydrogen (secondary N) is 3. The lowest BCUT2D eigenvalue weighted by molar-refractivity contribution is -0.116. The summed E-state index contributed by atoms with van der Waals surface area (Å²) in [5.74, 6) is 0.00568. The Hall–Kier alpha value is -2.28. The van der Waals surface area contributed by atoms with Crippen molar-refractivity contribution in [1.82, 2.24) is 10.6 Å². The summed E-state index contributed by atoms with van der Waals surface area (Å²) in [7, 11) is 1.83. The summed E-state index contributed by atoms with van der Waals surface area (Å²) >= 11 is 0. The Balaban J connectivity index is 1.78. The van der Waals surface area contributed by atoms with Crippen molar-refractivity contribution in [3.05, 3.63) is 24.3 Å². The summed E-state index contributed by atoms with van der Waals surface area (Å²) < 4.78 is 5.32. The zero-order chi connectivity index (χ0) is 19.9. The number of rotatable bonds is 6. The predicted molar refractivity (Wildman–Crippen MR) is 108 cm³/mol. The molecule has 7 nitrogen and oxygen atoms in total. The molecule has 1 aliphatic rings. The van der Waals surface area contributed by atoms with Gasteiger partial charge in [0.05, 0.1) is 0 Å². The zero-order valence-electron chi connectivity index (χ0n) is 16.8. The quantitative estimate of drug-likeness (QED) is 0.711. The van der Waals surface area contributed by atoms with E-state index in [4.69, 9.17) is 4.74 Å². The molecule has 0 bridgehead atoms. The van der Waals surface area contributed by atoms with Gasteiger partial charge in [-0.2, -0.15) is 0 Å². The molecule has 0 aliphatic carbocycles. The van der Waals surface area contributed by atoms with Gasteiger partial charge in [-0.15, -0.1) is 0 Å². The number of hydrogen-bond donors (Lipinski definition) is 3. The van der Waals surface area contributed by atoms with E-state index in [1.807, 2.05) is 52.1 Å². The second-order valence-corrected chi connectivity index (χ2v) is 7.86. The molecule has 0 radical (unpaired) electrons. The molecule has 1 fully saturated rings. The summed E-state index contributed by atoms with van der Waals surface area (Å²) in [5, 5.41) is 8.81. The summed E-state index contributed by atoms with van der Waals surface area (Å²) in [5.41, 5.74) is 1.45. The molecule has 0 atom stereocenters. The zero-order valence-corrected chi connectivity index (χ0v) is 16.8. The minimum atomic E-state index is -0.477. The lowest BCUT2D eigenvalue weighted by Gasteiger charge is -2.34. The van der Waals surface area contributed by atoms with Crippen molar-refractivity contribution in [3.8, 4) is 0 Å². The molecule has 0 unspecified atom stereocenters. The second-order valence-electron chi connectivity index (χ2n) is 7.86. The average Bonchev–Trinajstić information content (AvgIpc) is 2.60. The van der Waals surface area contributed by atoms with Gasteiger partial charge in [0.1, 0.15) is 5.60 Å². The highest BCUT2D eigenvalue weighted by Crippen LogP contribution is 2.22. The molecule has 1 aliphatic heterocycles. The Kier molecular flexibility index (Phi) is 7.47. The highest BCUT2D eigenvalue weighted by atomic mass is 16.6. The van der Waals surface area contributed by atoms with Crippen molar-refractivity contribution >= 4 is 23.4 Å². The maximum absolute atomic E-state index is 11.9. The smallest absolute Gasteiger partial charge is 0.407 e. The maximum atomic E-state index is 11.9. The number of ether oxygens (including phenoxy) is 1. The van der Waals surface area contributed by atoms with Crippen LogP contribution in [0.2, 0.25) is 0 Å². The third-order valence-electron chi connectivity index (χ3n) is 4.33. The highest BCUT2D eigenvalue weighted by molar-refractivity contribution is 5.91. The van der Waals surface area contributed by atoms with Gasteiger partial charge in [0, 0.05) is 43.5 Å². The fourth-order valence-corrected chi connectivity index (χ4v) is 2.97. The van der Waals surface area contributed by atoms with Crippen molar-refractivity contribution in [2.45, 2.75) is 51.7 Å². The van der Waals surface area contributed by atoms with Crippen LogP contribution < -0.4 is 20.9 Å². The van der Waals surface area contributed by atoms with Crippen molar-refractivity contribution in [2.24, 2.45) is 0 Å². The maximum Gasteiger partial charge on any atom is 0.407 e. The van der Waals surface area contributed by atoms with Gasteiger partial charge < -0.3 is 25.6 Å². The number of alkyl carbamates (subject to hydrolysis) is 1. The molecule has 0 spiro atoms. The molecule has 150 valence electrons. The van der Waals surface area contributed by atoms with Gasteiger partial charge in [-0.25, -0.2) is 4.79 Å². The van der Waals surface area contributed by atoms with Crippen molar-refractivity contribution in [1.29, 1.82) is 0 Å². The molecule has 1 heterocycles. The summed E-state index contributed by atoms with van der Waals surface area (Å²) in [6.45, 7) is 7.99. The highest BCUT2D eigenvalue weighted by Gasteiger charge is 2.23. The van der Waals surface area contributed by atoms with Crippen LogP contribution in [0.1, 0.15) is 40.0 Å². The minimum Gasteiger partial charge on any atom is -0.444 e. The van der Waals surface area contributed by atoms with Crippen LogP contribution in [-0.4, -0.2) is 50.3 Å². The van der Waals surface area contributed by atoms with E-state index in [0.717, 1.165) is 37.3 Å². The fraction of sp³-hybridized carbons (Fsp3) is 0.600. The van der Waals surface area contributed by atoms with Crippen LogP contribution in [0.4, 0.5) is 16.2 Å². The lowest BCUT2D eigenvalue weighted by atomic mass is 10.0. The van der Waals surface area contributed by atoms with E-state index in [9.17, 15) is 9.59 Å². The topological polar surface area (TPSA) is 82.7 Å². The van der Waals surface area contributed by atoms with Crippen LogP contribution in [0.3, 0.4) is 0 Å². The van der Waals surface area contributed by atoms with E-state index in [0.29, 0.717) is 13.0 Å². The number of anilines is 2. The molecular weight excluding hydrogens is 344 g/mol. The second kappa shape index (κ2) is 9.60. The van der Waals surface area contributed by atoms with Crippen LogP contribution in [0, 0.1) is 0 Å². The number of amides is 2. The van der Waals surface area contributed by atoms with Crippen molar-refractivity contribution in [2.75, 3.05) is 36.9 Å². The first kappa shape index (κ1) is 21.0. The third-order valence-corrected chi connectivity index (χ3v) is 4.33. The molecular formula is C20H32N4O3. The predicted octanol–water partition coefficient (Wildman–Crippen LogP) is 2.73. The number of carbonyl (C=O) groups is 2. The number of piperidine rings is 1. The molecule has 7 heteroatoms. The standard InChI is InChI=1S/C20H32N4O3/c1-20(2,3)27-19(26)23-16-10-13-24(14-11-16)17-7-5-15(6-8-17)22-18(25)9-12-21-4/h5-8,16,21H,9-14H2,1-4H3,(H,22,25)(H,23,26). The number of carbonyl (C=O) groups excluding carboxylic acids is 2. The number of hydrogen-bond acceptors (Lipinski definition) is 5. The molecule has 27 heavy (non-hydrogen) atoms. The lowest BCUT2D eigenvalue weighted by Crippen LogP contribution is -2.46. The Morgan fingerprint density at radius 2 is 1.78 bits per heavy atom. The Bertz CT molecular complexity index is 617. The van der Waals surface area contributed by atoms with Crippen LogP contribution in [0.5, 0.6) is 0 Å². The van der Waals surface area contributed by atoms with E-state index in [2.05, 4.69) is 20.9 Å². The van der Waals surface area contributed by atoms with Crippen LogP contribution in [0.25, 0.3) is 0 Å². The monoisotopic (exact) mass is 376 g/mol. The molecule has 2 rings (SSSR count). The third kappa shape index (κ3) is 7.46. The summed E-state index contributed by atoms with van der Waals surface area (Å²) in [6, 6.07) is 8.04. The fourth-order valence-electron chi connectivity index (χ4n) is 2.97. The normalized spacial score (nSPS) is 15.3. The molecule has 0 aromatic heterocycles. The van der Waals surface area contributed by atoms with Gasteiger partial charge in [0.15, 0.2) is 0 Å². The first-order valence-electron chi connectivity index (χ1n) is 9.56. The number of benzene rings is 1. The van der Waals surface area contributed by atoms with Crippen LogP contribution in [-0.2, 0) is 9.53 Å². The van der Waals surface area contributed by atoms with Crippen LogP contribution in [0.15, 0.2) is 24.3 Å². The van der Waals surface area contributed by atoms with E-state index in [1.165, 1.54) is 0 Å². The minimum absolute atomic E-state index is 0.00568. The molecule has 0 saturated carbocycles. The summed E-state index contributed by atoms with van der Waals surface area (Å²) in [4.78, 5) is 25.9. The van der Waals surface area contributed by atoms with E-state index in [-0.39, 0.29) is 18.0 Å². The Labute approximate surface area is 161 Å². The molecule has 3 N–H and O–H groups in total. The van der Waals surface area contributed by atoms with Gasteiger partial charge in [-0.05, 0) is 64.9 Å². The largest absolute Gasteiger partial charge is 0.444 e. The first-order valence-corrected chi connectivity index (χ1v) is 9.56. The van der Waals surface area contributed by atoms with E-state index in [1.54, 1.807) is 0 Å². The van der Waals surface area contributed by atoms with E-state index < -0.39 is 5.60 Å². The molecule has 1 aromatic rings. The molecule has 2 amide bonds. The van der Waals surface area contributed by atoms with Gasteiger partial charge in [0.2, 0.25) is 5.91 Å². The van der Waals surface area contributed by atoms with Gasteiger partial charge in [-0.3, -0.25) is 4.79 Å². The van der Waals surface area contributed by atoms with E-state index >= 15 is 0 Å². The summed E-state index contributed by atoms with van der Waals surface area (Å²) in [6.07, 6.45) is 1.86. The Morgan fingerprint density at radius 1 is 1.15 bits per heavy atom. The van der Waals surface area contributed by atoms with Crippen molar-refractivity contribution < 1.29 is 14.3 Å². The van der Waals surface area contributed by atoms with Crippen molar-refractivity contribution in [3.63, 3.8) is 0 Å².